The van der Waals surface area contributed by atoms with E-state index in [-0.39, 0.29) is 17.5 Å². The van der Waals surface area contributed by atoms with Crippen molar-refractivity contribution in [2.75, 3.05) is 19.6 Å². The SMILES string of the molecule is NC(CN1CCCCC1)c1noc(-c2ccncc2F)n1. The highest BCUT2D eigenvalue weighted by Gasteiger charge is 2.20. The molecule has 1 aliphatic heterocycles. The zero-order valence-electron chi connectivity index (χ0n) is 11.7. The highest BCUT2D eigenvalue weighted by Crippen LogP contribution is 2.21. The van der Waals surface area contributed by atoms with E-state index >= 15 is 0 Å². The Hall–Kier alpha value is -1.86. The minimum atomic E-state index is -0.489. The molecular formula is C14H18FN5O. The topological polar surface area (TPSA) is 81.1 Å². The summed E-state index contributed by atoms with van der Waals surface area (Å²) in [6.07, 6.45) is 6.28. The molecule has 3 rings (SSSR count). The predicted octanol–water partition coefficient (Wildman–Crippen LogP) is 1.76. The number of rotatable bonds is 4. The van der Waals surface area contributed by atoms with Crippen molar-refractivity contribution in [2.24, 2.45) is 5.73 Å². The van der Waals surface area contributed by atoms with Crippen LogP contribution in [0.25, 0.3) is 11.5 Å². The fourth-order valence-corrected chi connectivity index (χ4v) is 2.55. The van der Waals surface area contributed by atoms with E-state index in [2.05, 4.69) is 20.0 Å². The number of nitrogens with two attached hydrogens (primary N) is 1. The summed E-state index contributed by atoms with van der Waals surface area (Å²) < 4.78 is 18.7. The molecule has 1 saturated heterocycles. The van der Waals surface area contributed by atoms with Crippen LogP contribution in [0.5, 0.6) is 0 Å². The molecule has 1 atom stereocenters. The molecule has 0 spiro atoms. The van der Waals surface area contributed by atoms with Gasteiger partial charge < -0.3 is 15.2 Å². The maximum atomic E-state index is 13.6. The second kappa shape index (κ2) is 6.28. The van der Waals surface area contributed by atoms with Crippen LogP contribution >= 0.6 is 0 Å². The fourth-order valence-electron chi connectivity index (χ4n) is 2.55. The number of pyridine rings is 1. The number of piperidine rings is 1. The zero-order valence-corrected chi connectivity index (χ0v) is 11.7. The first-order valence-corrected chi connectivity index (χ1v) is 7.15. The van der Waals surface area contributed by atoms with Crippen LogP contribution in [0, 0.1) is 5.82 Å². The molecule has 7 heteroatoms. The first-order chi connectivity index (χ1) is 10.2. The summed E-state index contributed by atoms with van der Waals surface area (Å²) in [6.45, 7) is 2.80. The molecule has 3 heterocycles. The first-order valence-electron chi connectivity index (χ1n) is 7.15. The Kier molecular flexibility index (Phi) is 4.21. The van der Waals surface area contributed by atoms with Gasteiger partial charge in [0.25, 0.3) is 5.89 Å². The number of hydrogen-bond acceptors (Lipinski definition) is 6. The molecule has 0 radical (unpaired) electrons. The second-order valence-corrected chi connectivity index (χ2v) is 5.28. The smallest absolute Gasteiger partial charge is 0.261 e. The Labute approximate surface area is 122 Å². The summed E-state index contributed by atoms with van der Waals surface area (Å²) >= 11 is 0. The van der Waals surface area contributed by atoms with E-state index in [0.717, 1.165) is 19.3 Å². The number of nitrogens with zero attached hydrogens (tertiary/aromatic N) is 4. The monoisotopic (exact) mass is 291 g/mol. The molecule has 2 aromatic heterocycles. The Morgan fingerprint density at radius 3 is 2.90 bits per heavy atom. The number of likely N-dealkylation sites (tertiary alicyclic amines) is 1. The van der Waals surface area contributed by atoms with E-state index in [9.17, 15) is 4.39 Å². The van der Waals surface area contributed by atoms with Crippen molar-refractivity contribution in [3.05, 3.63) is 30.1 Å². The molecule has 6 nitrogen and oxygen atoms in total. The van der Waals surface area contributed by atoms with Crippen LogP contribution in [0.2, 0.25) is 0 Å². The van der Waals surface area contributed by atoms with Crippen molar-refractivity contribution in [2.45, 2.75) is 25.3 Å². The van der Waals surface area contributed by atoms with Gasteiger partial charge in [-0.2, -0.15) is 4.98 Å². The molecule has 1 aliphatic rings. The van der Waals surface area contributed by atoms with Gasteiger partial charge in [0, 0.05) is 12.7 Å². The normalized spacial score (nSPS) is 17.8. The molecule has 2 N–H and O–H groups in total. The Bertz CT molecular complexity index is 597. The third-order valence-electron chi connectivity index (χ3n) is 3.68. The lowest BCUT2D eigenvalue weighted by molar-refractivity contribution is 0.213. The summed E-state index contributed by atoms with van der Waals surface area (Å²) in [5.74, 6) is 0.0584. The zero-order chi connectivity index (χ0) is 14.7. The van der Waals surface area contributed by atoms with Crippen LogP contribution in [0.15, 0.2) is 23.0 Å². The van der Waals surface area contributed by atoms with Crippen molar-refractivity contribution >= 4 is 0 Å². The summed E-state index contributed by atoms with van der Waals surface area (Å²) in [5, 5.41) is 3.87. The molecule has 0 saturated carbocycles. The van der Waals surface area contributed by atoms with Crippen LogP contribution < -0.4 is 5.73 Å². The molecule has 21 heavy (non-hydrogen) atoms. The Morgan fingerprint density at radius 1 is 1.33 bits per heavy atom. The third-order valence-corrected chi connectivity index (χ3v) is 3.68. The number of aromatic nitrogens is 3. The van der Waals surface area contributed by atoms with Gasteiger partial charge in [-0.3, -0.25) is 4.98 Å². The predicted molar refractivity (Wildman–Crippen MR) is 74.7 cm³/mol. The highest BCUT2D eigenvalue weighted by atomic mass is 19.1. The van der Waals surface area contributed by atoms with E-state index in [1.165, 1.54) is 31.5 Å². The summed E-state index contributed by atoms with van der Waals surface area (Å²) in [7, 11) is 0. The molecule has 112 valence electrons. The lowest BCUT2D eigenvalue weighted by Crippen LogP contribution is -2.36. The molecule has 0 amide bonds. The molecular weight excluding hydrogens is 273 g/mol. The van der Waals surface area contributed by atoms with Crippen molar-refractivity contribution in [3.63, 3.8) is 0 Å². The standard InChI is InChI=1S/C14H18FN5O/c15-11-8-17-5-4-10(11)14-18-13(19-21-14)12(16)9-20-6-2-1-3-7-20/h4-5,8,12H,1-3,6-7,9,16H2. The van der Waals surface area contributed by atoms with Gasteiger partial charge in [0.2, 0.25) is 0 Å². The van der Waals surface area contributed by atoms with Gasteiger partial charge in [0.15, 0.2) is 11.6 Å². The van der Waals surface area contributed by atoms with Gasteiger partial charge in [-0.25, -0.2) is 4.39 Å². The van der Waals surface area contributed by atoms with Crippen molar-refractivity contribution < 1.29 is 8.91 Å². The first kappa shape index (κ1) is 14.1. The summed E-state index contributed by atoms with van der Waals surface area (Å²) in [5.41, 5.74) is 6.37. The van der Waals surface area contributed by atoms with E-state index in [1.54, 1.807) is 0 Å². The van der Waals surface area contributed by atoms with E-state index in [4.69, 9.17) is 10.3 Å². The lowest BCUT2D eigenvalue weighted by Gasteiger charge is -2.27. The second-order valence-electron chi connectivity index (χ2n) is 5.28. The quantitative estimate of drug-likeness (QED) is 0.924. The molecule has 0 aliphatic carbocycles. The largest absolute Gasteiger partial charge is 0.334 e. The molecule has 2 aromatic rings. The van der Waals surface area contributed by atoms with Gasteiger partial charge in [-0.1, -0.05) is 11.6 Å². The lowest BCUT2D eigenvalue weighted by atomic mass is 10.1. The minimum Gasteiger partial charge on any atom is -0.334 e. The van der Waals surface area contributed by atoms with Crippen LogP contribution in [0.4, 0.5) is 4.39 Å². The van der Waals surface area contributed by atoms with Gasteiger partial charge in [-0.15, -0.1) is 0 Å². The molecule has 1 unspecified atom stereocenters. The van der Waals surface area contributed by atoms with Crippen LogP contribution in [0.1, 0.15) is 31.1 Å². The molecule has 1 fully saturated rings. The van der Waals surface area contributed by atoms with Gasteiger partial charge in [-0.05, 0) is 32.0 Å². The average Bonchev–Trinajstić information content (AvgIpc) is 2.98. The van der Waals surface area contributed by atoms with Crippen molar-refractivity contribution in [3.8, 4) is 11.5 Å². The number of halogens is 1. The minimum absolute atomic E-state index is 0.138. The van der Waals surface area contributed by atoms with Gasteiger partial charge >= 0.3 is 0 Å². The van der Waals surface area contributed by atoms with Crippen LogP contribution in [0.3, 0.4) is 0 Å². The van der Waals surface area contributed by atoms with Gasteiger partial charge in [0.05, 0.1) is 17.8 Å². The van der Waals surface area contributed by atoms with E-state index in [0.29, 0.717) is 12.4 Å². The Morgan fingerprint density at radius 2 is 2.14 bits per heavy atom. The van der Waals surface area contributed by atoms with E-state index < -0.39 is 5.82 Å². The molecule has 0 bridgehead atoms. The van der Waals surface area contributed by atoms with Crippen LogP contribution in [-0.2, 0) is 0 Å². The third kappa shape index (κ3) is 3.25. The summed E-state index contributed by atoms with van der Waals surface area (Å²) in [4.78, 5) is 10.2. The van der Waals surface area contributed by atoms with Crippen molar-refractivity contribution in [1.29, 1.82) is 0 Å². The van der Waals surface area contributed by atoms with Gasteiger partial charge in [0.1, 0.15) is 0 Å². The highest BCUT2D eigenvalue weighted by molar-refractivity contribution is 5.52. The van der Waals surface area contributed by atoms with Crippen molar-refractivity contribution in [1.82, 2.24) is 20.0 Å². The van der Waals surface area contributed by atoms with E-state index in [1.807, 2.05) is 0 Å². The Balaban J connectivity index is 1.71. The molecule has 0 aromatic carbocycles. The summed E-state index contributed by atoms with van der Waals surface area (Å²) in [6, 6.07) is 1.17. The average molecular weight is 291 g/mol. The maximum absolute atomic E-state index is 13.6. The fraction of sp³-hybridized carbons (Fsp3) is 0.500. The van der Waals surface area contributed by atoms with Crippen LogP contribution in [-0.4, -0.2) is 39.7 Å². The maximum Gasteiger partial charge on any atom is 0.261 e. The number of hydrogen-bond donors (Lipinski definition) is 1.